The van der Waals surface area contributed by atoms with Crippen molar-refractivity contribution in [3.05, 3.63) is 17.5 Å². The molecule has 1 amide bonds. The van der Waals surface area contributed by atoms with Gasteiger partial charge in [0, 0.05) is 31.6 Å². The predicted octanol–water partition coefficient (Wildman–Crippen LogP) is 1.11. The highest BCUT2D eigenvalue weighted by molar-refractivity contribution is 5.65. The number of rotatable bonds is 2. The number of nitriles is 1. The number of aryl methyl sites for hydroxylation is 1. The Balaban J connectivity index is 2.09. The lowest BCUT2D eigenvalue weighted by molar-refractivity contribution is 0.0125. The van der Waals surface area contributed by atoms with E-state index >= 15 is 0 Å². The fraction of sp³-hybridized carbons (Fsp3) is 0.538. The summed E-state index contributed by atoms with van der Waals surface area (Å²) in [7, 11) is 0. The number of amides is 1. The van der Waals surface area contributed by atoms with E-state index in [1.54, 1.807) is 6.07 Å². The van der Waals surface area contributed by atoms with Crippen molar-refractivity contribution in [1.82, 2.24) is 9.97 Å². The zero-order valence-corrected chi connectivity index (χ0v) is 11.6. The van der Waals surface area contributed by atoms with Gasteiger partial charge in [-0.2, -0.15) is 5.26 Å². The second-order valence-corrected chi connectivity index (χ2v) is 5.16. The molecule has 0 atom stereocenters. The molecule has 1 saturated heterocycles. The van der Waals surface area contributed by atoms with E-state index < -0.39 is 11.7 Å². The minimum Gasteiger partial charge on any atom is -0.443 e. The van der Waals surface area contributed by atoms with E-state index in [1.165, 1.54) is 0 Å². The molecular weight excluding hydrogens is 258 g/mol. The molecule has 1 aromatic rings. The summed E-state index contributed by atoms with van der Waals surface area (Å²) >= 11 is 0. The van der Waals surface area contributed by atoms with Crippen LogP contribution in [0.15, 0.2) is 6.07 Å². The number of ether oxygens (including phenoxy) is 1. The number of nitrogens with zero attached hydrogens (tertiary/aromatic N) is 4. The third-order valence-electron chi connectivity index (χ3n) is 3.41. The van der Waals surface area contributed by atoms with Gasteiger partial charge in [0.05, 0.1) is 0 Å². The molecule has 106 valence electrons. The van der Waals surface area contributed by atoms with Gasteiger partial charge in [-0.3, -0.25) is 0 Å². The Bertz CT molecular complexity index is 558. The Morgan fingerprint density at radius 3 is 2.70 bits per heavy atom. The van der Waals surface area contributed by atoms with Gasteiger partial charge in [0.2, 0.25) is 5.95 Å². The highest BCUT2D eigenvalue weighted by Gasteiger charge is 2.34. The fourth-order valence-corrected chi connectivity index (χ4v) is 2.28. The van der Waals surface area contributed by atoms with Crippen LogP contribution in [0.25, 0.3) is 0 Å². The zero-order chi connectivity index (χ0) is 14.8. The molecule has 7 nitrogen and oxygen atoms in total. The first-order chi connectivity index (χ1) is 9.42. The summed E-state index contributed by atoms with van der Waals surface area (Å²) in [4.78, 5) is 21.4. The van der Waals surface area contributed by atoms with Gasteiger partial charge in [-0.15, -0.1) is 0 Å². The number of anilines is 1. The Labute approximate surface area is 117 Å². The molecule has 1 fully saturated rings. The number of primary amides is 1. The lowest BCUT2D eigenvalue weighted by Gasteiger charge is -2.38. The monoisotopic (exact) mass is 275 g/mol. The van der Waals surface area contributed by atoms with Crippen LogP contribution in [-0.4, -0.2) is 34.8 Å². The first-order valence-corrected chi connectivity index (χ1v) is 6.41. The largest absolute Gasteiger partial charge is 0.443 e. The summed E-state index contributed by atoms with van der Waals surface area (Å²) in [5.74, 6) is 0.544. The highest BCUT2D eigenvalue weighted by Crippen LogP contribution is 2.27. The number of aromatic nitrogens is 2. The molecule has 0 saturated carbocycles. The third kappa shape index (κ3) is 3.15. The summed E-state index contributed by atoms with van der Waals surface area (Å²) in [6.45, 7) is 5.00. The first-order valence-electron chi connectivity index (χ1n) is 6.41. The van der Waals surface area contributed by atoms with Crippen LogP contribution in [-0.2, 0) is 4.74 Å². The molecule has 0 radical (unpaired) electrons. The van der Waals surface area contributed by atoms with E-state index in [0.29, 0.717) is 37.6 Å². The maximum Gasteiger partial charge on any atom is 0.405 e. The maximum absolute atomic E-state index is 10.9. The van der Waals surface area contributed by atoms with Gasteiger partial charge in [-0.05, 0) is 19.9 Å². The average Bonchev–Trinajstić information content (AvgIpc) is 2.37. The summed E-state index contributed by atoms with van der Waals surface area (Å²) in [5, 5.41) is 8.94. The minimum atomic E-state index is -0.750. The second kappa shape index (κ2) is 5.33. The van der Waals surface area contributed by atoms with Crippen molar-refractivity contribution in [3.63, 3.8) is 0 Å². The summed E-state index contributed by atoms with van der Waals surface area (Å²) in [6.07, 6.45) is 0.545. The summed E-state index contributed by atoms with van der Waals surface area (Å²) in [6, 6.07) is 3.67. The van der Waals surface area contributed by atoms with Crippen LogP contribution >= 0.6 is 0 Å². The summed E-state index contributed by atoms with van der Waals surface area (Å²) in [5.41, 5.74) is 5.65. The molecule has 0 spiro atoms. The third-order valence-corrected chi connectivity index (χ3v) is 3.41. The molecule has 7 heteroatoms. The Morgan fingerprint density at radius 1 is 1.50 bits per heavy atom. The Morgan fingerprint density at radius 2 is 2.15 bits per heavy atom. The Hall–Kier alpha value is -2.36. The van der Waals surface area contributed by atoms with Gasteiger partial charge < -0.3 is 15.4 Å². The second-order valence-electron chi connectivity index (χ2n) is 5.16. The van der Waals surface area contributed by atoms with Gasteiger partial charge >= 0.3 is 6.09 Å². The maximum atomic E-state index is 10.9. The molecule has 0 aliphatic carbocycles. The van der Waals surface area contributed by atoms with Crippen molar-refractivity contribution in [1.29, 1.82) is 5.26 Å². The van der Waals surface area contributed by atoms with E-state index in [2.05, 4.69) is 9.97 Å². The molecule has 1 aliphatic heterocycles. The van der Waals surface area contributed by atoms with Crippen molar-refractivity contribution >= 4 is 12.0 Å². The quantitative estimate of drug-likeness (QED) is 0.866. The number of carbonyl (C=O) groups is 1. The molecule has 1 aliphatic rings. The van der Waals surface area contributed by atoms with Crippen LogP contribution in [0.3, 0.4) is 0 Å². The molecule has 2 rings (SSSR count). The Kier molecular flexibility index (Phi) is 3.74. The molecule has 20 heavy (non-hydrogen) atoms. The van der Waals surface area contributed by atoms with Gasteiger partial charge in [0.25, 0.3) is 0 Å². The average molecular weight is 275 g/mol. The SMILES string of the molecule is Cc1cc(C#N)nc(N2CCC(C)(OC(N)=O)CC2)n1. The van der Waals surface area contributed by atoms with Gasteiger partial charge in [0.15, 0.2) is 0 Å². The van der Waals surface area contributed by atoms with E-state index in [1.807, 2.05) is 24.8 Å². The molecular formula is C13H17N5O2. The number of piperidine rings is 1. The van der Waals surface area contributed by atoms with Crippen LogP contribution in [0.2, 0.25) is 0 Å². The van der Waals surface area contributed by atoms with Crippen molar-refractivity contribution < 1.29 is 9.53 Å². The van der Waals surface area contributed by atoms with Gasteiger partial charge in [-0.25, -0.2) is 14.8 Å². The van der Waals surface area contributed by atoms with Crippen LogP contribution in [0.4, 0.5) is 10.7 Å². The molecule has 2 N–H and O–H groups in total. The number of hydrogen-bond acceptors (Lipinski definition) is 6. The van der Waals surface area contributed by atoms with E-state index in [0.717, 1.165) is 5.69 Å². The normalized spacial score (nSPS) is 17.4. The van der Waals surface area contributed by atoms with Crippen LogP contribution in [0.1, 0.15) is 31.2 Å². The molecule has 0 bridgehead atoms. The predicted molar refractivity (Wildman–Crippen MR) is 72.0 cm³/mol. The van der Waals surface area contributed by atoms with Crippen molar-refractivity contribution in [3.8, 4) is 6.07 Å². The van der Waals surface area contributed by atoms with Crippen LogP contribution in [0, 0.1) is 18.3 Å². The lowest BCUT2D eigenvalue weighted by Crippen LogP contribution is -2.46. The van der Waals surface area contributed by atoms with Crippen LogP contribution in [0.5, 0.6) is 0 Å². The van der Waals surface area contributed by atoms with E-state index in [9.17, 15) is 4.79 Å². The highest BCUT2D eigenvalue weighted by atomic mass is 16.6. The van der Waals surface area contributed by atoms with Crippen molar-refractivity contribution in [2.24, 2.45) is 5.73 Å². The minimum absolute atomic E-state index is 0.356. The lowest BCUT2D eigenvalue weighted by atomic mass is 9.93. The number of carbonyl (C=O) groups excluding carboxylic acids is 1. The van der Waals surface area contributed by atoms with Gasteiger partial charge in [-0.1, -0.05) is 0 Å². The van der Waals surface area contributed by atoms with Crippen molar-refractivity contribution in [2.75, 3.05) is 18.0 Å². The van der Waals surface area contributed by atoms with Crippen LogP contribution < -0.4 is 10.6 Å². The molecule has 0 unspecified atom stereocenters. The fourth-order valence-electron chi connectivity index (χ4n) is 2.28. The zero-order valence-electron chi connectivity index (χ0n) is 11.6. The van der Waals surface area contributed by atoms with E-state index in [4.69, 9.17) is 15.7 Å². The smallest absolute Gasteiger partial charge is 0.405 e. The standard InChI is InChI=1S/C13H17N5O2/c1-9-7-10(8-14)17-12(16-9)18-5-3-13(2,4-6-18)20-11(15)19/h7H,3-6H2,1-2H3,(H2,15,19). The molecule has 0 aromatic carbocycles. The van der Waals surface area contributed by atoms with E-state index in [-0.39, 0.29) is 0 Å². The number of hydrogen-bond donors (Lipinski definition) is 1. The molecule has 1 aromatic heterocycles. The van der Waals surface area contributed by atoms with Gasteiger partial charge in [0.1, 0.15) is 17.4 Å². The summed E-state index contributed by atoms with van der Waals surface area (Å²) < 4.78 is 5.15. The first kappa shape index (κ1) is 14.1. The topological polar surface area (TPSA) is 105 Å². The van der Waals surface area contributed by atoms with Crippen molar-refractivity contribution in [2.45, 2.75) is 32.3 Å². The molecule has 2 heterocycles. The number of nitrogens with two attached hydrogens (primary N) is 1.